The largest absolute Gasteiger partial charge is 0.368 e. The normalized spacial score (nSPS) is 15.7. The molecule has 1 aliphatic rings. The van der Waals surface area contributed by atoms with Gasteiger partial charge < -0.3 is 11.1 Å². The lowest BCUT2D eigenvalue weighted by molar-refractivity contribution is -0.119. The van der Waals surface area contributed by atoms with Gasteiger partial charge in [-0.05, 0) is 29.8 Å². The molecule has 0 saturated carbocycles. The van der Waals surface area contributed by atoms with Crippen LogP contribution >= 0.6 is 11.6 Å². The van der Waals surface area contributed by atoms with Gasteiger partial charge in [0, 0.05) is 17.5 Å². The lowest BCUT2D eigenvalue weighted by Gasteiger charge is -2.20. The van der Waals surface area contributed by atoms with Gasteiger partial charge in [0.15, 0.2) is 0 Å². The number of carbonyl (C=O) groups excluding carboxylic acids is 2. The molecular weight excluding hydrogens is 404 g/mol. The van der Waals surface area contributed by atoms with Crippen molar-refractivity contribution in [2.45, 2.75) is 19.0 Å². The molecule has 30 heavy (non-hydrogen) atoms. The molecule has 0 fully saturated rings. The Morgan fingerprint density at radius 1 is 1.10 bits per heavy atom. The van der Waals surface area contributed by atoms with Gasteiger partial charge in [-0.15, -0.1) is 0 Å². The van der Waals surface area contributed by atoms with Crippen molar-refractivity contribution in [3.63, 3.8) is 0 Å². The zero-order valence-electron chi connectivity index (χ0n) is 15.9. The number of para-hydroxylation sites is 1. The van der Waals surface area contributed by atoms with Gasteiger partial charge in [0.2, 0.25) is 5.91 Å². The number of aromatic nitrogens is 2. The second-order valence-corrected chi connectivity index (χ2v) is 7.24. The van der Waals surface area contributed by atoms with E-state index in [1.165, 1.54) is 5.01 Å². The van der Waals surface area contributed by atoms with Crippen LogP contribution in [0.15, 0.2) is 72.0 Å². The molecule has 2 heterocycles. The van der Waals surface area contributed by atoms with E-state index in [2.05, 4.69) is 15.5 Å². The first-order chi connectivity index (χ1) is 14.5. The highest BCUT2D eigenvalue weighted by Gasteiger charge is 2.35. The number of benzene rings is 2. The maximum absolute atomic E-state index is 12.8. The summed E-state index contributed by atoms with van der Waals surface area (Å²) in [5.41, 5.74) is 7.44. The number of rotatable bonds is 6. The fraction of sp³-hybridized carbons (Fsp3) is 0.143. The molecule has 1 aromatic heterocycles. The molecule has 0 aliphatic carbocycles. The number of nitrogens with zero attached hydrogens (tertiary/aromatic N) is 4. The van der Waals surface area contributed by atoms with E-state index in [1.807, 2.05) is 42.5 Å². The third-order valence-electron chi connectivity index (χ3n) is 4.73. The van der Waals surface area contributed by atoms with Crippen LogP contribution in [0.3, 0.4) is 0 Å². The predicted molar refractivity (Wildman–Crippen MR) is 115 cm³/mol. The first kappa shape index (κ1) is 19.7. The molecule has 0 radical (unpaired) electrons. The third-order valence-corrected chi connectivity index (χ3v) is 4.98. The Hall–Kier alpha value is -3.65. The molecule has 0 unspecified atom stereocenters. The molecule has 0 saturated heterocycles. The SMILES string of the molecule is NC(=O)[C@H]1CC(C(=O)Nc2ccnn2Cc2ccc(Cl)cc2)=NN1c1ccccc1. The van der Waals surface area contributed by atoms with Crippen molar-refractivity contribution >= 4 is 40.6 Å². The number of nitrogens with two attached hydrogens (primary N) is 1. The van der Waals surface area contributed by atoms with E-state index < -0.39 is 17.9 Å². The minimum absolute atomic E-state index is 0.126. The van der Waals surface area contributed by atoms with Crippen LogP contribution in [-0.4, -0.2) is 33.3 Å². The summed E-state index contributed by atoms with van der Waals surface area (Å²) >= 11 is 5.93. The Kier molecular flexibility index (Phi) is 5.49. The highest BCUT2D eigenvalue weighted by Crippen LogP contribution is 2.25. The molecule has 0 spiro atoms. The van der Waals surface area contributed by atoms with Crippen molar-refractivity contribution in [1.29, 1.82) is 0 Å². The summed E-state index contributed by atoms with van der Waals surface area (Å²) in [5, 5.41) is 13.6. The number of hydrogen-bond donors (Lipinski definition) is 2. The van der Waals surface area contributed by atoms with Crippen LogP contribution in [0.4, 0.5) is 11.5 Å². The maximum atomic E-state index is 12.8. The van der Waals surface area contributed by atoms with E-state index in [9.17, 15) is 9.59 Å². The van der Waals surface area contributed by atoms with Gasteiger partial charge in [-0.25, -0.2) is 4.68 Å². The number of amides is 2. The average molecular weight is 423 g/mol. The van der Waals surface area contributed by atoms with E-state index in [0.29, 0.717) is 23.1 Å². The summed E-state index contributed by atoms with van der Waals surface area (Å²) in [6.45, 7) is 0.465. The fourth-order valence-electron chi connectivity index (χ4n) is 3.20. The highest BCUT2D eigenvalue weighted by molar-refractivity contribution is 6.44. The van der Waals surface area contributed by atoms with Gasteiger partial charge in [-0.1, -0.05) is 41.9 Å². The minimum atomic E-state index is -0.716. The van der Waals surface area contributed by atoms with Crippen LogP contribution in [0.2, 0.25) is 5.02 Å². The molecule has 3 N–H and O–H groups in total. The third kappa shape index (κ3) is 4.18. The van der Waals surface area contributed by atoms with E-state index >= 15 is 0 Å². The van der Waals surface area contributed by atoms with Gasteiger partial charge in [0.25, 0.3) is 5.91 Å². The predicted octanol–water partition coefficient (Wildman–Crippen LogP) is 2.64. The number of carbonyl (C=O) groups is 2. The first-order valence-electron chi connectivity index (χ1n) is 9.30. The lowest BCUT2D eigenvalue weighted by Crippen LogP contribution is -2.39. The van der Waals surface area contributed by atoms with Crippen LogP contribution in [-0.2, 0) is 16.1 Å². The van der Waals surface area contributed by atoms with Crippen molar-refractivity contribution in [3.05, 3.63) is 77.4 Å². The number of hydrogen-bond acceptors (Lipinski definition) is 5. The summed E-state index contributed by atoms with van der Waals surface area (Å²) in [5.74, 6) is -0.429. The number of halogens is 1. The molecule has 1 atom stereocenters. The van der Waals surface area contributed by atoms with Gasteiger partial charge in [-0.3, -0.25) is 14.6 Å². The second-order valence-electron chi connectivity index (χ2n) is 6.80. The van der Waals surface area contributed by atoms with Gasteiger partial charge in [0.1, 0.15) is 17.6 Å². The molecule has 3 aromatic rings. The van der Waals surface area contributed by atoms with E-state index in [-0.39, 0.29) is 12.1 Å². The highest BCUT2D eigenvalue weighted by atomic mass is 35.5. The van der Waals surface area contributed by atoms with Crippen molar-refractivity contribution in [2.75, 3.05) is 10.3 Å². The van der Waals surface area contributed by atoms with Crippen LogP contribution < -0.4 is 16.1 Å². The van der Waals surface area contributed by atoms with Crippen LogP contribution in [0.5, 0.6) is 0 Å². The maximum Gasteiger partial charge on any atom is 0.273 e. The molecule has 2 aromatic carbocycles. The Bertz CT molecular complexity index is 1090. The summed E-state index contributed by atoms with van der Waals surface area (Å²) in [7, 11) is 0. The van der Waals surface area contributed by atoms with E-state index in [4.69, 9.17) is 17.3 Å². The van der Waals surface area contributed by atoms with Gasteiger partial charge in [-0.2, -0.15) is 10.2 Å². The summed E-state index contributed by atoms with van der Waals surface area (Å²) in [6.07, 6.45) is 1.73. The first-order valence-corrected chi connectivity index (χ1v) is 9.68. The van der Waals surface area contributed by atoms with Crippen LogP contribution in [0, 0.1) is 0 Å². The Morgan fingerprint density at radius 3 is 2.53 bits per heavy atom. The van der Waals surface area contributed by atoms with Crippen molar-refractivity contribution in [2.24, 2.45) is 10.8 Å². The minimum Gasteiger partial charge on any atom is -0.368 e. The molecule has 1 aliphatic heterocycles. The number of hydrazone groups is 1. The number of primary amides is 1. The Morgan fingerprint density at radius 2 is 1.83 bits per heavy atom. The lowest BCUT2D eigenvalue weighted by atomic mass is 10.1. The molecule has 8 nitrogen and oxygen atoms in total. The smallest absolute Gasteiger partial charge is 0.273 e. The molecule has 4 rings (SSSR count). The monoisotopic (exact) mass is 422 g/mol. The van der Waals surface area contributed by atoms with Gasteiger partial charge >= 0.3 is 0 Å². The van der Waals surface area contributed by atoms with E-state index in [0.717, 1.165) is 5.56 Å². The number of anilines is 2. The van der Waals surface area contributed by atoms with Crippen molar-refractivity contribution < 1.29 is 9.59 Å². The summed E-state index contributed by atoms with van der Waals surface area (Å²) in [4.78, 5) is 24.7. The fourth-order valence-corrected chi connectivity index (χ4v) is 3.33. The Balaban J connectivity index is 1.51. The molecule has 2 amide bonds. The second kappa shape index (κ2) is 8.38. The van der Waals surface area contributed by atoms with Crippen LogP contribution in [0.25, 0.3) is 0 Å². The van der Waals surface area contributed by atoms with Crippen molar-refractivity contribution in [3.8, 4) is 0 Å². The molecule has 152 valence electrons. The standard InChI is InChI=1S/C21H19ClN6O2/c22-15-8-6-14(7-9-15)13-27-19(10-11-24-27)25-21(30)17-12-18(20(23)29)28(26-17)16-4-2-1-3-5-16/h1-11,18H,12-13H2,(H2,23,29)(H,25,30)/t18-/m1/s1. The van der Waals surface area contributed by atoms with Crippen molar-refractivity contribution in [1.82, 2.24) is 9.78 Å². The number of nitrogens with one attached hydrogen (secondary N) is 1. The summed E-state index contributed by atoms with van der Waals surface area (Å²) in [6, 6.07) is 17.5. The quantitative estimate of drug-likeness (QED) is 0.636. The molecule has 9 heteroatoms. The van der Waals surface area contributed by atoms with Gasteiger partial charge in [0.05, 0.1) is 18.4 Å². The average Bonchev–Trinajstić information content (AvgIpc) is 3.38. The molecular formula is C21H19ClN6O2. The summed E-state index contributed by atoms with van der Waals surface area (Å²) < 4.78 is 1.66. The molecule has 0 bridgehead atoms. The van der Waals surface area contributed by atoms with E-state index in [1.54, 1.807) is 29.1 Å². The van der Waals surface area contributed by atoms with Crippen LogP contribution in [0.1, 0.15) is 12.0 Å². The zero-order valence-corrected chi connectivity index (χ0v) is 16.7. The topological polar surface area (TPSA) is 106 Å². The Labute approximate surface area is 177 Å². The zero-order chi connectivity index (χ0) is 21.1.